The van der Waals surface area contributed by atoms with Crippen molar-refractivity contribution in [2.75, 3.05) is 6.51 Å². The molecule has 0 unspecified atom stereocenters. The number of nitrogens with two attached hydrogens (primary N) is 1. The van der Waals surface area contributed by atoms with Crippen LogP contribution >= 0.6 is 0 Å². The zero-order chi connectivity index (χ0) is 3.70. The molecule has 5 heavy (non-hydrogen) atoms. The summed E-state index contributed by atoms with van der Waals surface area (Å²) in [5.41, 5.74) is 0. The second-order valence-electron chi connectivity index (χ2n) is 0.989. The van der Waals surface area contributed by atoms with Gasteiger partial charge in [0, 0.05) is 0 Å². The van der Waals surface area contributed by atoms with Gasteiger partial charge in [-0.25, -0.2) is 0 Å². The lowest BCUT2D eigenvalue weighted by atomic mass is 10.0. The first-order valence-electron chi connectivity index (χ1n) is 1.51. The molecule has 0 aromatic heterocycles. The molecule has 1 aliphatic heterocycles. The van der Waals surface area contributed by atoms with E-state index in [9.17, 15) is 0 Å². The van der Waals surface area contributed by atoms with Crippen LogP contribution in [0.2, 0.25) is 0 Å². The molecule has 28 valence electrons. The number of hydrogen-bond donors (Lipinski definition) is 2. The van der Waals surface area contributed by atoms with Crippen molar-refractivity contribution in [3.8, 4) is 0 Å². The molecule has 1 rings (SSSR count). The number of hydrogen-bond acceptors (Lipinski definition) is 3. The van der Waals surface area contributed by atoms with E-state index in [0.29, 0.717) is 0 Å². The maximum Gasteiger partial charge on any atom is 0.418 e. The van der Waals surface area contributed by atoms with E-state index in [2.05, 4.69) is 9.99 Å². The van der Waals surface area contributed by atoms with Gasteiger partial charge in [-0.3, -0.25) is 11.2 Å². The van der Waals surface area contributed by atoms with Gasteiger partial charge in [0.15, 0.2) is 0 Å². The van der Waals surface area contributed by atoms with Gasteiger partial charge in [-0.2, -0.15) is 0 Å². The fourth-order valence-electron chi connectivity index (χ4n) is 0.144. The standard InChI is InChI=1S/CH5BN2O/c3-4-2-1-5-2/h4H,1,3H2. The molecule has 4 heteroatoms. The van der Waals surface area contributed by atoms with Crippen molar-refractivity contribution in [3.63, 3.8) is 0 Å². The van der Waals surface area contributed by atoms with Crippen molar-refractivity contribution >= 4 is 7.05 Å². The van der Waals surface area contributed by atoms with Crippen LogP contribution in [0, 0.1) is 0 Å². The molecule has 0 saturated carbocycles. The van der Waals surface area contributed by atoms with Crippen molar-refractivity contribution in [1.29, 1.82) is 0 Å². The Kier molecular flexibility index (Phi) is 0.609. The van der Waals surface area contributed by atoms with Crippen LogP contribution in [-0.4, -0.2) is 13.6 Å². The quantitative estimate of drug-likeness (QED) is 0.171. The minimum absolute atomic E-state index is 0.162. The first-order valence-corrected chi connectivity index (χ1v) is 1.51. The van der Waals surface area contributed by atoms with Crippen LogP contribution in [0.25, 0.3) is 0 Å². The van der Waals surface area contributed by atoms with Crippen LogP contribution in [0.15, 0.2) is 0 Å². The third kappa shape index (κ3) is 0.610. The molecule has 3 nitrogen and oxygen atoms in total. The van der Waals surface area contributed by atoms with Gasteiger partial charge >= 0.3 is 7.05 Å². The molecule has 1 aliphatic rings. The van der Waals surface area contributed by atoms with E-state index in [4.69, 9.17) is 5.84 Å². The van der Waals surface area contributed by atoms with Crippen LogP contribution in [0.1, 0.15) is 0 Å². The van der Waals surface area contributed by atoms with Crippen LogP contribution in [0.5, 0.6) is 0 Å². The summed E-state index contributed by atoms with van der Waals surface area (Å²) < 4.78 is 4.62. The van der Waals surface area contributed by atoms with Gasteiger partial charge in [0.2, 0.25) is 0 Å². The van der Waals surface area contributed by atoms with E-state index < -0.39 is 0 Å². The predicted molar refractivity (Wildman–Crippen MR) is 19.0 cm³/mol. The SMILES string of the molecule is NNB1CO1. The summed E-state index contributed by atoms with van der Waals surface area (Å²) in [5, 5.41) is 2.42. The molecule has 1 saturated heterocycles. The molecule has 0 spiro atoms. The van der Waals surface area contributed by atoms with Crippen molar-refractivity contribution in [2.45, 2.75) is 0 Å². The predicted octanol–water partition coefficient (Wildman–Crippen LogP) is -1.49. The first kappa shape index (κ1) is 3.15. The van der Waals surface area contributed by atoms with Crippen molar-refractivity contribution in [3.05, 3.63) is 0 Å². The summed E-state index contributed by atoms with van der Waals surface area (Å²) in [5.74, 6) is 4.86. The van der Waals surface area contributed by atoms with Gasteiger partial charge < -0.3 is 4.65 Å². The average molecular weight is 71.9 g/mol. The van der Waals surface area contributed by atoms with E-state index in [1.165, 1.54) is 0 Å². The highest BCUT2D eigenvalue weighted by molar-refractivity contribution is 6.56. The van der Waals surface area contributed by atoms with Crippen molar-refractivity contribution in [1.82, 2.24) is 5.34 Å². The van der Waals surface area contributed by atoms with Gasteiger partial charge in [-0.1, -0.05) is 0 Å². The van der Waals surface area contributed by atoms with E-state index in [1.54, 1.807) is 0 Å². The highest BCUT2D eigenvalue weighted by Crippen LogP contribution is 1.93. The molecule has 0 radical (unpaired) electrons. The zero-order valence-electron chi connectivity index (χ0n) is 2.77. The average Bonchev–Trinajstić information content (AvgIpc) is 2.12. The largest absolute Gasteiger partial charge is 0.422 e. The second-order valence-corrected chi connectivity index (χ2v) is 0.989. The van der Waals surface area contributed by atoms with Crippen LogP contribution in [0.3, 0.4) is 0 Å². The monoisotopic (exact) mass is 72.0 g/mol. The first-order chi connectivity index (χ1) is 2.43. The minimum Gasteiger partial charge on any atom is -0.422 e. The molecule has 0 atom stereocenters. The van der Waals surface area contributed by atoms with Gasteiger partial charge in [-0.05, 0) is 0 Å². The molecular weight excluding hydrogens is 66.8 g/mol. The van der Waals surface area contributed by atoms with Crippen LogP contribution < -0.4 is 11.2 Å². The van der Waals surface area contributed by atoms with Gasteiger partial charge in [-0.15, -0.1) is 0 Å². The normalized spacial score (nSPS) is 19.8. The maximum atomic E-state index is 4.86. The topological polar surface area (TPSA) is 50.6 Å². The summed E-state index contributed by atoms with van der Waals surface area (Å²) in [7, 11) is 0.162. The molecule has 0 bridgehead atoms. The minimum atomic E-state index is 0.162. The third-order valence-electron chi connectivity index (χ3n) is 0.519. The highest BCUT2D eigenvalue weighted by atomic mass is 16.5. The molecule has 0 amide bonds. The Morgan fingerprint density at radius 2 is 2.60 bits per heavy atom. The molecule has 1 heterocycles. The maximum absolute atomic E-state index is 4.86. The van der Waals surface area contributed by atoms with Gasteiger partial charge in [0.25, 0.3) is 0 Å². The van der Waals surface area contributed by atoms with Gasteiger partial charge in [0.1, 0.15) is 0 Å². The Morgan fingerprint density at radius 1 is 2.00 bits per heavy atom. The van der Waals surface area contributed by atoms with Crippen molar-refractivity contribution < 1.29 is 4.65 Å². The van der Waals surface area contributed by atoms with Crippen LogP contribution in [-0.2, 0) is 4.65 Å². The number of rotatable bonds is 1. The summed E-state index contributed by atoms with van der Waals surface area (Å²) in [6, 6.07) is 0. The van der Waals surface area contributed by atoms with Gasteiger partial charge in [0.05, 0.1) is 6.51 Å². The molecule has 1 fully saturated rings. The van der Waals surface area contributed by atoms with E-state index in [-0.39, 0.29) is 7.05 Å². The summed E-state index contributed by atoms with van der Waals surface area (Å²) in [6.45, 7) is 0.774. The fourth-order valence-corrected chi connectivity index (χ4v) is 0.144. The Balaban J connectivity index is 2.00. The summed E-state index contributed by atoms with van der Waals surface area (Å²) in [6.07, 6.45) is 0. The Hall–Kier alpha value is -0.0551. The third-order valence-corrected chi connectivity index (χ3v) is 0.519. The number of nitrogens with one attached hydrogen (secondary N) is 1. The molecular formula is CH5BN2O. The lowest BCUT2D eigenvalue weighted by molar-refractivity contribution is 0.552. The molecule has 0 aromatic carbocycles. The fraction of sp³-hybridized carbons (Fsp3) is 1.00. The Labute approximate surface area is 30.6 Å². The molecule has 3 N–H and O–H groups in total. The smallest absolute Gasteiger partial charge is 0.418 e. The highest BCUT2D eigenvalue weighted by Gasteiger charge is 2.27. The Bertz CT molecular complexity index is 36.6. The number of hydrazine groups is 1. The molecule has 0 aliphatic carbocycles. The van der Waals surface area contributed by atoms with Crippen LogP contribution in [0.4, 0.5) is 0 Å². The van der Waals surface area contributed by atoms with E-state index >= 15 is 0 Å². The summed E-state index contributed by atoms with van der Waals surface area (Å²) >= 11 is 0. The lowest BCUT2D eigenvalue weighted by Gasteiger charge is -1.72. The second kappa shape index (κ2) is 0.968. The Morgan fingerprint density at radius 3 is 2.60 bits per heavy atom. The van der Waals surface area contributed by atoms with E-state index in [1.807, 2.05) is 0 Å². The van der Waals surface area contributed by atoms with E-state index in [0.717, 1.165) is 6.51 Å². The lowest BCUT2D eigenvalue weighted by Crippen LogP contribution is -2.29. The zero-order valence-corrected chi connectivity index (χ0v) is 2.77. The molecule has 0 aromatic rings. The van der Waals surface area contributed by atoms with Crippen molar-refractivity contribution in [2.24, 2.45) is 5.84 Å². The summed E-state index contributed by atoms with van der Waals surface area (Å²) in [4.78, 5) is 0.